The van der Waals surface area contributed by atoms with Crippen LogP contribution in [0.3, 0.4) is 0 Å². The first-order valence-corrected chi connectivity index (χ1v) is 7.14. The first kappa shape index (κ1) is 13.1. The van der Waals surface area contributed by atoms with Gasteiger partial charge in [-0.15, -0.1) is 0 Å². The Balaban J connectivity index is 3.01. The maximum Gasteiger partial charge on any atom is 0.298 e. The molecule has 0 spiro atoms. The van der Waals surface area contributed by atoms with E-state index in [9.17, 15) is 16.8 Å². The van der Waals surface area contributed by atoms with Crippen molar-refractivity contribution in [3.8, 4) is 0 Å². The average Bonchev–Trinajstić information content (AvgIpc) is 2.14. The van der Waals surface area contributed by atoms with Crippen LogP contribution in [0.5, 0.6) is 0 Å². The topological polar surface area (TPSA) is 97.7 Å². The van der Waals surface area contributed by atoms with E-state index in [0.29, 0.717) is 5.56 Å². The van der Waals surface area contributed by atoms with Crippen LogP contribution < -0.4 is 0 Å². The average molecular weight is 266 g/mol. The zero-order chi connectivity index (χ0) is 12.4. The molecule has 0 fully saturated rings. The standard InChI is InChI=1S/C8H10O6S2/c1-7-4-2-3-5-8(7)16(12,13)14-6-15(9,10)11/h2-5H,6H2,1H3,(H,9,10,11). The maximum atomic E-state index is 11.5. The van der Waals surface area contributed by atoms with E-state index in [-0.39, 0.29) is 4.90 Å². The molecule has 8 heteroatoms. The van der Waals surface area contributed by atoms with Gasteiger partial charge in [0, 0.05) is 0 Å². The lowest BCUT2D eigenvalue weighted by molar-refractivity contribution is 0.348. The van der Waals surface area contributed by atoms with Gasteiger partial charge in [-0.2, -0.15) is 16.8 Å². The Bertz CT molecular complexity index is 572. The lowest BCUT2D eigenvalue weighted by atomic mass is 10.2. The zero-order valence-corrected chi connectivity index (χ0v) is 9.95. The molecule has 90 valence electrons. The molecule has 1 aromatic carbocycles. The van der Waals surface area contributed by atoms with Crippen molar-refractivity contribution < 1.29 is 25.6 Å². The molecule has 0 aromatic heterocycles. The Morgan fingerprint density at radius 2 is 1.75 bits per heavy atom. The van der Waals surface area contributed by atoms with Gasteiger partial charge in [-0.3, -0.25) is 4.55 Å². The van der Waals surface area contributed by atoms with E-state index < -0.39 is 26.2 Å². The van der Waals surface area contributed by atoms with Crippen molar-refractivity contribution >= 4 is 20.2 Å². The number of hydrogen-bond donors (Lipinski definition) is 1. The van der Waals surface area contributed by atoms with Crippen LogP contribution in [0.25, 0.3) is 0 Å². The van der Waals surface area contributed by atoms with Gasteiger partial charge in [0.2, 0.25) is 0 Å². The van der Waals surface area contributed by atoms with Crippen LogP contribution in [0, 0.1) is 6.92 Å². The molecule has 0 aliphatic rings. The lowest BCUT2D eigenvalue weighted by Gasteiger charge is -2.06. The summed E-state index contributed by atoms with van der Waals surface area (Å²) >= 11 is 0. The van der Waals surface area contributed by atoms with E-state index in [1.54, 1.807) is 19.1 Å². The van der Waals surface area contributed by atoms with E-state index in [2.05, 4.69) is 4.18 Å². The second kappa shape index (κ2) is 4.50. The lowest BCUT2D eigenvalue weighted by Crippen LogP contribution is -2.14. The minimum Gasteiger partial charge on any atom is -0.284 e. The first-order chi connectivity index (χ1) is 7.22. The van der Waals surface area contributed by atoms with Crippen molar-refractivity contribution in [1.29, 1.82) is 0 Å². The van der Waals surface area contributed by atoms with Crippen LogP contribution in [-0.4, -0.2) is 27.3 Å². The molecule has 1 rings (SSSR count). The fraction of sp³-hybridized carbons (Fsp3) is 0.250. The zero-order valence-electron chi connectivity index (χ0n) is 8.32. The van der Waals surface area contributed by atoms with Crippen LogP contribution in [0.4, 0.5) is 0 Å². The van der Waals surface area contributed by atoms with E-state index in [4.69, 9.17) is 4.55 Å². The highest BCUT2D eigenvalue weighted by molar-refractivity contribution is 7.89. The third kappa shape index (κ3) is 3.56. The highest BCUT2D eigenvalue weighted by Crippen LogP contribution is 2.16. The molecular weight excluding hydrogens is 256 g/mol. The molecule has 1 N–H and O–H groups in total. The molecule has 0 aliphatic heterocycles. The van der Waals surface area contributed by atoms with Gasteiger partial charge in [-0.05, 0) is 18.6 Å². The molecule has 0 atom stereocenters. The van der Waals surface area contributed by atoms with Crippen LogP contribution in [0.2, 0.25) is 0 Å². The summed E-state index contributed by atoms with van der Waals surface area (Å²) in [6.07, 6.45) is 0. The molecule has 0 heterocycles. The smallest absolute Gasteiger partial charge is 0.284 e. The molecule has 16 heavy (non-hydrogen) atoms. The van der Waals surface area contributed by atoms with Gasteiger partial charge in [0.25, 0.3) is 20.2 Å². The maximum absolute atomic E-state index is 11.5. The van der Waals surface area contributed by atoms with Crippen molar-refractivity contribution in [2.45, 2.75) is 11.8 Å². The molecule has 0 saturated heterocycles. The van der Waals surface area contributed by atoms with Gasteiger partial charge in [-0.1, -0.05) is 18.2 Å². The van der Waals surface area contributed by atoms with Crippen LogP contribution in [0.15, 0.2) is 29.2 Å². The number of aryl methyl sites for hydroxylation is 1. The van der Waals surface area contributed by atoms with Crippen LogP contribution in [-0.2, 0) is 24.4 Å². The van der Waals surface area contributed by atoms with Gasteiger partial charge in [0.1, 0.15) is 0 Å². The largest absolute Gasteiger partial charge is 0.298 e. The van der Waals surface area contributed by atoms with Crippen molar-refractivity contribution in [3.05, 3.63) is 29.8 Å². The van der Waals surface area contributed by atoms with Gasteiger partial charge in [-0.25, -0.2) is 4.18 Å². The second-order valence-corrected chi connectivity index (χ2v) is 6.02. The molecule has 1 aromatic rings. The Morgan fingerprint density at radius 3 is 2.25 bits per heavy atom. The fourth-order valence-corrected chi connectivity index (χ4v) is 2.85. The van der Waals surface area contributed by atoms with Crippen molar-refractivity contribution in [2.75, 3.05) is 5.94 Å². The summed E-state index contributed by atoms with van der Waals surface area (Å²) in [5.41, 5.74) is 0.429. The van der Waals surface area contributed by atoms with Gasteiger partial charge < -0.3 is 0 Å². The number of hydrogen-bond acceptors (Lipinski definition) is 5. The number of benzene rings is 1. The second-order valence-electron chi connectivity index (χ2n) is 3.04. The third-order valence-electron chi connectivity index (χ3n) is 1.72. The monoisotopic (exact) mass is 266 g/mol. The fourth-order valence-electron chi connectivity index (χ4n) is 1.02. The van der Waals surface area contributed by atoms with E-state index in [1.807, 2.05) is 0 Å². The Labute approximate surface area is 93.7 Å². The summed E-state index contributed by atoms with van der Waals surface area (Å²) in [6, 6.07) is 5.95. The quantitative estimate of drug-likeness (QED) is 0.631. The molecule has 0 radical (unpaired) electrons. The third-order valence-corrected chi connectivity index (χ3v) is 3.70. The summed E-state index contributed by atoms with van der Waals surface area (Å²) < 4.78 is 56.3. The van der Waals surface area contributed by atoms with E-state index in [1.165, 1.54) is 12.1 Å². The molecule has 0 amide bonds. The summed E-state index contributed by atoms with van der Waals surface area (Å²) in [6.45, 7) is 1.55. The minimum absolute atomic E-state index is 0.126. The first-order valence-electron chi connectivity index (χ1n) is 4.12. The highest BCUT2D eigenvalue weighted by atomic mass is 32.2. The molecule has 0 saturated carbocycles. The van der Waals surface area contributed by atoms with Crippen molar-refractivity contribution in [1.82, 2.24) is 0 Å². The Morgan fingerprint density at radius 1 is 1.19 bits per heavy atom. The molecule has 0 aliphatic carbocycles. The predicted octanol–water partition coefficient (Wildman–Crippen LogP) is 0.546. The normalized spacial score (nSPS) is 12.6. The van der Waals surface area contributed by atoms with E-state index in [0.717, 1.165) is 0 Å². The van der Waals surface area contributed by atoms with Crippen LogP contribution >= 0.6 is 0 Å². The van der Waals surface area contributed by atoms with Gasteiger partial charge >= 0.3 is 0 Å². The molecule has 0 bridgehead atoms. The Kier molecular flexibility index (Phi) is 3.68. The summed E-state index contributed by atoms with van der Waals surface area (Å²) in [5.74, 6) is -1.29. The molecular formula is C8H10O6S2. The predicted molar refractivity (Wildman–Crippen MR) is 55.9 cm³/mol. The number of rotatable bonds is 4. The van der Waals surface area contributed by atoms with Crippen molar-refractivity contribution in [3.63, 3.8) is 0 Å². The summed E-state index contributed by atoms with van der Waals surface area (Å²) in [4.78, 5) is -0.126. The highest BCUT2D eigenvalue weighted by Gasteiger charge is 2.20. The van der Waals surface area contributed by atoms with Crippen molar-refractivity contribution in [2.24, 2.45) is 0 Å². The Hall–Kier alpha value is -0.960. The van der Waals surface area contributed by atoms with Crippen LogP contribution in [0.1, 0.15) is 5.56 Å². The SMILES string of the molecule is Cc1ccccc1S(=O)(=O)OCS(=O)(=O)O. The van der Waals surface area contributed by atoms with Gasteiger partial charge in [0.05, 0.1) is 4.90 Å². The summed E-state index contributed by atoms with van der Waals surface area (Å²) in [5, 5.41) is 0. The molecule has 0 unspecified atom stereocenters. The summed E-state index contributed by atoms with van der Waals surface area (Å²) in [7, 11) is -8.64. The van der Waals surface area contributed by atoms with Gasteiger partial charge in [0.15, 0.2) is 5.94 Å². The minimum atomic E-state index is -4.48. The molecule has 6 nitrogen and oxygen atoms in total. The van der Waals surface area contributed by atoms with E-state index >= 15 is 0 Å².